The SMILES string of the molecule is O=C(Oc1ccc(/C=C2\SC(=S)N(Cc3ccccc3)C2=O)cc1)c1ccc(F)cc1. The molecule has 1 saturated heterocycles. The lowest BCUT2D eigenvalue weighted by Gasteiger charge is -2.14. The topological polar surface area (TPSA) is 46.6 Å². The van der Waals surface area contributed by atoms with Crippen molar-refractivity contribution in [2.45, 2.75) is 6.54 Å². The van der Waals surface area contributed by atoms with E-state index in [1.165, 1.54) is 36.0 Å². The van der Waals surface area contributed by atoms with Crippen molar-refractivity contribution in [3.63, 3.8) is 0 Å². The average molecular weight is 450 g/mol. The predicted molar refractivity (Wildman–Crippen MR) is 123 cm³/mol. The molecule has 0 saturated carbocycles. The smallest absolute Gasteiger partial charge is 0.343 e. The van der Waals surface area contributed by atoms with Crippen molar-refractivity contribution < 1.29 is 18.7 Å². The van der Waals surface area contributed by atoms with Gasteiger partial charge in [-0.1, -0.05) is 66.4 Å². The van der Waals surface area contributed by atoms with Gasteiger partial charge in [0.2, 0.25) is 0 Å². The quantitative estimate of drug-likeness (QED) is 0.224. The maximum absolute atomic E-state index is 13.0. The third-order valence-electron chi connectivity index (χ3n) is 4.53. The van der Waals surface area contributed by atoms with Crippen molar-refractivity contribution in [1.82, 2.24) is 4.90 Å². The number of thiocarbonyl (C=S) groups is 1. The first-order valence-corrected chi connectivity index (χ1v) is 10.6. The Morgan fingerprint density at radius 3 is 2.35 bits per heavy atom. The molecule has 1 aliphatic heterocycles. The summed E-state index contributed by atoms with van der Waals surface area (Å²) in [5.41, 5.74) is 2.04. The van der Waals surface area contributed by atoms with Crippen molar-refractivity contribution in [3.8, 4) is 5.75 Å². The van der Waals surface area contributed by atoms with Gasteiger partial charge in [0.1, 0.15) is 15.9 Å². The van der Waals surface area contributed by atoms with E-state index in [4.69, 9.17) is 17.0 Å². The van der Waals surface area contributed by atoms with Gasteiger partial charge < -0.3 is 4.74 Å². The summed E-state index contributed by atoms with van der Waals surface area (Å²) in [6.45, 7) is 0.432. The molecule has 154 valence electrons. The van der Waals surface area contributed by atoms with E-state index in [-0.39, 0.29) is 11.5 Å². The lowest BCUT2D eigenvalue weighted by atomic mass is 10.2. The summed E-state index contributed by atoms with van der Waals surface area (Å²) in [5, 5.41) is 0. The van der Waals surface area contributed by atoms with E-state index >= 15 is 0 Å². The zero-order chi connectivity index (χ0) is 21.8. The normalized spacial score (nSPS) is 14.9. The van der Waals surface area contributed by atoms with Crippen LogP contribution in [-0.4, -0.2) is 21.1 Å². The van der Waals surface area contributed by atoms with Gasteiger partial charge >= 0.3 is 5.97 Å². The Balaban J connectivity index is 1.43. The number of ether oxygens (including phenoxy) is 1. The van der Waals surface area contributed by atoms with Crippen molar-refractivity contribution in [2.24, 2.45) is 0 Å². The summed E-state index contributed by atoms with van der Waals surface area (Å²) in [4.78, 5) is 27.0. The Kier molecular flexibility index (Phi) is 6.25. The van der Waals surface area contributed by atoms with Crippen LogP contribution in [0.4, 0.5) is 4.39 Å². The summed E-state index contributed by atoms with van der Waals surface area (Å²) in [6, 6.07) is 21.6. The number of halogens is 1. The number of thioether (sulfide) groups is 1. The Morgan fingerprint density at radius 2 is 1.68 bits per heavy atom. The van der Waals surface area contributed by atoms with Gasteiger partial charge in [-0.15, -0.1) is 0 Å². The summed E-state index contributed by atoms with van der Waals surface area (Å²) >= 11 is 6.64. The number of carbonyl (C=O) groups is 2. The molecular weight excluding hydrogens is 433 g/mol. The molecule has 3 aromatic carbocycles. The van der Waals surface area contributed by atoms with Crippen LogP contribution < -0.4 is 4.74 Å². The molecule has 4 nitrogen and oxygen atoms in total. The van der Waals surface area contributed by atoms with Crippen LogP contribution in [0.25, 0.3) is 6.08 Å². The van der Waals surface area contributed by atoms with E-state index in [1.807, 2.05) is 30.3 Å². The standard InChI is InChI=1S/C24H16FNO3S2/c25-19-10-8-18(9-11-19)23(28)29-20-12-6-16(7-13-20)14-21-22(27)26(24(30)31-21)15-17-4-2-1-3-5-17/h1-14H,15H2/b21-14-. The third kappa shape index (κ3) is 5.07. The van der Waals surface area contributed by atoms with Gasteiger partial charge in [-0.3, -0.25) is 9.69 Å². The molecule has 1 heterocycles. The van der Waals surface area contributed by atoms with Crippen LogP contribution in [0.15, 0.2) is 83.8 Å². The molecule has 1 fully saturated rings. The van der Waals surface area contributed by atoms with Crippen LogP contribution in [0.2, 0.25) is 0 Å². The maximum Gasteiger partial charge on any atom is 0.343 e. The molecule has 0 N–H and O–H groups in total. The fourth-order valence-electron chi connectivity index (χ4n) is 2.94. The first-order chi connectivity index (χ1) is 15.0. The Labute approximate surface area is 188 Å². The highest BCUT2D eigenvalue weighted by Crippen LogP contribution is 2.33. The molecule has 0 atom stereocenters. The molecule has 4 rings (SSSR count). The zero-order valence-electron chi connectivity index (χ0n) is 16.2. The molecule has 3 aromatic rings. The van der Waals surface area contributed by atoms with Crippen molar-refractivity contribution >= 4 is 46.3 Å². The van der Waals surface area contributed by atoms with E-state index < -0.39 is 11.8 Å². The first kappa shape index (κ1) is 21.0. The van der Waals surface area contributed by atoms with Gasteiger partial charge in [-0.25, -0.2) is 9.18 Å². The maximum atomic E-state index is 13.0. The van der Waals surface area contributed by atoms with Gasteiger partial charge in [0.05, 0.1) is 17.0 Å². The van der Waals surface area contributed by atoms with Gasteiger partial charge in [-0.2, -0.15) is 0 Å². The van der Waals surface area contributed by atoms with E-state index in [9.17, 15) is 14.0 Å². The minimum absolute atomic E-state index is 0.134. The van der Waals surface area contributed by atoms with Crippen LogP contribution in [0.5, 0.6) is 5.75 Å². The molecule has 0 aliphatic carbocycles. The second kappa shape index (κ2) is 9.24. The zero-order valence-corrected chi connectivity index (χ0v) is 17.8. The molecule has 0 aromatic heterocycles. The third-order valence-corrected chi connectivity index (χ3v) is 5.90. The second-order valence-electron chi connectivity index (χ2n) is 6.72. The average Bonchev–Trinajstić information content (AvgIpc) is 3.03. The summed E-state index contributed by atoms with van der Waals surface area (Å²) < 4.78 is 18.8. The van der Waals surface area contributed by atoms with Crippen LogP contribution in [0.3, 0.4) is 0 Å². The first-order valence-electron chi connectivity index (χ1n) is 9.37. The van der Waals surface area contributed by atoms with Crippen molar-refractivity contribution in [3.05, 3.63) is 106 Å². The molecule has 0 radical (unpaired) electrons. The molecule has 7 heteroatoms. The number of nitrogens with zero attached hydrogens (tertiary/aromatic N) is 1. The number of hydrogen-bond acceptors (Lipinski definition) is 5. The predicted octanol–water partition coefficient (Wildman–Crippen LogP) is 5.45. The van der Waals surface area contributed by atoms with Gasteiger partial charge in [0, 0.05) is 0 Å². The largest absolute Gasteiger partial charge is 0.423 e. The van der Waals surface area contributed by atoms with E-state index in [0.29, 0.717) is 21.5 Å². The van der Waals surface area contributed by atoms with Gasteiger partial charge in [-0.05, 0) is 53.6 Å². The van der Waals surface area contributed by atoms with Crippen molar-refractivity contribution in [1.29, 1.82) is 0 Å². The summed E-state index contributed by atoms with van der Waals surface area (Å²) in [5.74, 6) is -0.779. The Morgan fingerprint density at radius 1 is 1.00 bits per heavy atom. The van der Waals surface area contributed by atoms with E-state index in [1.54, 1.807) is 35.2 Å². The number of esters is 1. The number of amides is 1. The molecule has 1 amide bonds. The molecule has 1 aliphatic rings. The number of rotatable bonds is 5. The minimum atomic E-state index is -0.575. The molecule has 0 unspecified atom stereocenters. The highest BCUT2D eigenvalue weighted by molar-refractivity contribution is 8.26. The Hall–Kier alpha value is -3.29. The molecule has 0 bridgehead atoms. The summed E-state index contributed by atoms with van der Waals surface area (Å²) in [6.07, 6.45) is 1.76. The fraction of sp³-hybridized carbons (Fsp3) is 0.0417. The van der Waals surface area contributed by atoms with Crippen LogP contribution in [-0.2, 0) is 11.3 Å². The summed E-state index contributed by atoms with van der Waals surface area (Å²) in [7, 11) is 0. The lowest BCUT2D eigenvalue weighted by Crippen LogP contribution is -2.27. The minimum Gasteiger partial charge on any atom is -0.423 e. The molecular formula is C24H16FNO3S2. The van der Waals surface area contributed by atoms with Gasteiger partial charge in [0.25, 0.3) is 5.91 Å². The second-order valence-corrected chi connectivity index (χ2v) is 8.39. The van der Waals surface area contributed by atoms with Crippen LogP contribution in [0.1, 0.15) is 21.5 Å². The highest BCUT2D eigenvalue weighted by Gasteiger charge is 2.31. The van der Waals surface area contributed by atoms with Crippen LogP contribution >= 0.6 is 24.0 Å². The fourth-order valence-corrected chi connectivity index (χ4v) is 4.19. The molecule has 0 spiro atoms. The van der Waals surface area contributed by atoms with E-state index in [0.717, 1.165) is 11.1 Å². The monoisotopic (exact) mass is 449 g/mol. The van der Waals surface area contributed by atoms with Gasteiger partial charge in [0.15, 0.2) is 0 Å². The highest BCUT2D eigenvalue weighted by atomic mass is 32.2. The molecule has 31 heavy (non-hydrogen) atoms. The van der Waals surface area contributed by atoms with E-state index in [2.05, 4.69) is 0 Å². The number of benzene rings is 3. The van der Waals surface area contributed by atoms with Crippen molar-refractivity contribution in [2.75, 3.05) is 0 Å². The Bertz CT molecular complexity index is 1160. The lowest BCUT2D eigenvalue weighted by molar-refractivity contribution is -0.122. The van der Waals surface area contributed by atoms with Crippen LogP contribution in [0, 0.1) is 5.82 Å². The number of hydrogen-bond donors (Lipinski definition) is 0. The number of carbonyl (C=O) groups excluding carboxylic acids is 2.